The second-order valence-electron chi connectivity index (χ2n) is 9.09. The predicted molar refractivity (Wildman–Crippen MR) is 157 cm³/mol. The molecule has 5 aromatic rings. The Kier molecular flexibility index (Phi) is 9.09. The van der Waals surface area contributed by atoms with Gasteiger partial charge >= 0.3 is 12.3 Å². The molecule has 1 heterocycles. The van der Waals surface area contributed by atoms with Crippen molar-refractivity contribution in [2.45, 2.75) is 0 Å². The number of benzene rings is 4. The van der Waals surface area contributed by atoms with Crippen LogP contribution in [-0.2, 0) is 9.68 Å². The Labute approximate surface area is 253 Å². The molecule has 0 aliphatic carbocycles. The van der Waals surface area contributed by atoms with E-state index in [4.69, 9.17) is 34.4 Å². The van der Waals surface area contributed by atoms with Crippen molar-refractivity contribution in [3.8, 4) is 34.1 Å². The molecule has 1 aromatic heterocycles. The summed E-state index contributed by atoms with van der Waals surface area (Å²) >= 11 is 0. The third-order valence-electron chi connectivity index (χ3n) is 6.02. The van der Waals surface area contributed by atoms with E-state index >= 15 is 0 Å². The van der Waals surface area contributed by atoms with Crippen LogP contribution in [0, 0.1) is 22.5 Å². The summed E-state index contributed by atoms with van der Waals surface area (Å²) in [7, 11) is 0. The predicted octanol–water partition coefficient (Wildman–Crippen LogP) is 6.98. The number of rotatable bonds is 6. The summed E-state index contributed by atoms with van der Waals surface area (Å²) < 4.78 is 41.7. The number of nitrogens with one attached hydrogen (secondary N) is 4. The molecule has 4 aromatic carbocycles. The highest BCUT2D eigenvalue weighted by Crippen LogP contribution is 2.29. The number of hydroxylamine groups is 2. The van der Waals surface area contributed by atoms with Crippen LogP contribution in [0.15, 0.2) is 114 Å². The van der Waals surface area contributed by atoms with E-state index in [1.165, 1.54) is 24.3 Å². The molecule has 0 bridgehead atoms. The Bertz CT molecular complexity index is 1690. The molecule has 0 fully saturated rings. The summed E-state index contributed by atoms with van der Waals surface area (Å²) in [5, 5.41) is 16.2. The quantitative estimate of drug-likeness (QED) is 0.0522. The molecular weight excluding hydrogens is 590 g/mol. The van der Waals surface area contributed by atoms with Crippen molar-refractivity contribution in [3.63, 3.8) is 0 Å². The van der Waals surface area contributed by atoms with Crippen LogP contribution in [0.2, 0.25) is 0 Å². The largest absolute Gasteiger partial charge is 0.538 e. The average Bonchev–Trinajstić information content (AvgIpc) is 3.55. The summed E-state index contributed by atoms with van der Waals surface area (Å²) in [4.78, 5) is 33.1. The van der Waals surface area contributed by atoms with Gasteiger partial charge in [0.25, 0.3) is 0 Å². The molecule has 0 spiro atoms. The molecule has 4 N–H and O–H groups in total. The van der Waals surface area contributed by atoms with Gasteiger partial charge in [0.05, 0.1) is 0 Å². The van der Waals surface area contributed by atoms with Gasteiger partial charge < -0.3 is 23.6 Å². The summed E-state index contributed by atoms with van der Waals surface area (Å²) in [6, 6.07) is 26.5. The zero-order valence-electron chi connectivity index (χ0n) is 23.0. The second-order valence-corrected chi connectivity index (χ2v) is 9.09. The van der Waals surface area contributed by atoms with Crippen LogP contribution < -0.4 is 20.4 Å². The number of ether oxygens (including phenoxy) is 2. The first-order valence-electron chi connectivity index (χ1n) is 13.0. The van der Waals surface area contributed by atoms with E-state index in [0.717, 1.165) is 35.4 Å². The average molecular weight is 613 g/mol. The first-order valence-corrected chi connectivity index (χ1v) is 13.0. The monoisotopic (exact) mass is 612 g/mol. The van der Waals surface area contributed by atoms with Crippen LogP contribution in [0.1, 0.15) is 11.1 Å². The van der Waals surface area contributed by atoms with E-state index in [2.05, 4.69) is 11.0 Å². The van der Waals surface area contributed by atoms with Crippen LogP contribution in [0.25, 0.3) is 22.6 Å². The topological polar surface area (TPSA) is 156 Å². The van der Waals surface area contributed by atoms with Crippen molar-refractivity contribution in [2.24, 2.45) is 0 Å². The minimum absolute atomic E-state index is 0.0819. The van der Waals surface area contributed by atoms with Gasteiger partial charge in [-0.3, -0.25) is 10.8 Å². The molecule has 5 rings (SSSR count). The van der Waals surface area contributed by atoms with Crippen LogP contribution in [-0.4, -0.2) is 24.0 Å². The molecule has 13 heteroatoms. The maximum atomic E-state index is 13.0. The number of hydrogen-bond acceptors (Lipinski definition) is 9. The van der Waals surface area contributed by atoms with E-state index in [-0.39, 0.29) is 23.2 Å². The molecule has 0 saturated heterocycles. The van der Waals surface area contributed by atoms with Gasteiger partial charge in [0.1, 0.15) is 34.7 Å². The number of carbonyl (C=O) groups is 2. The SMILES string of the molecule is N=C(NOC(=O)Oc1ccc(F)cc1)c1ccc(-c2ccc(-c3ccc(C(=N)NOC(=O)Oc4ccc(F)cc4)cc3)o2)cc1. The molecule has 0 aliphatic heterocycles. The zero-order chi connectivity index (χ0) is 31.8. The molecule has 0 amide bonds. The molecule has 0 aliphatic rings. The summed E-state index contributed by atoms with van der Waals surface area (Å²) in [5.74, 6) is -0.0850. The lowest BCUT2D eigenvalue weighted by atomic mass is 10.1. The molecular formula is C32H22F2N4O7. The lowest BCUT2D eigenvalue weighted by molar-refractivity contribution is 0.0747. The minimum Gasteiger partial charge on any atom is -0.456 e. The molecule has 0 saturated carbocycles. The van der Waals surface area contributed by atoms with Gasteiger partial charge in [-0.1, -0.05) is 48.5 Å². The number of furan rings is 1. The third kappa shape index (κ3) is 8.08. The normalized spacial score (nSPS) is 10.4. The van der Waals surface area contributed by atoms with Crippen LogP contribution >= 0.6 is 0 Å². The number of hydrogen-bond donors (Lipinski definition) is 4. The molecule has 11 nitrogen and oxygen atoms in total. The van der Waals surface area contributed by atoms with Crippen molar-refractivity contribution < 1.29 is 41.9 Å². The highest BCUT2D eigenvalue weighted by molar-refractivity contribution is 5.97. The smallest absolute Gasteiger partial charge is 0.456 e. The fourth-order valence-corrected chi connectivity index (χ4v) is 3.79. The summed E-state index contributed by atoms with van der Waals surface area (Å²) in [5.41, 5.74) is 6.68. The Morgan fingerprint density at radius 3 is 1.24 bits per heavy atom. The van der Waals surface area contributed by atoms with Gasteiger partial charge in [-0.2, -0.15) is 11.0 Å². The van der Waals surface area contributed by atoms with Gasteiger partial charge in [0.2, 0.25) is 0 Å². The van der Waals surface area contributed by atoms with E-state index in [1.807, 2.05) is 0 Å². The fourth-order valence-electron chi connectivity index (χ4n) is 3.79. The number of carbonyl (C=O) groups excluding carboxylic acids is 2. The van der Waals surface area contributed by atoms with Crippen LogP contribution in [0.4, 0.5) is 18.4 Å². The fraction of sp³-hybridized carbons (Fsp3) is 0. The van der Waals surface area contributed by atoms with Crippen molar-refractivity contribution in [1.82, 2.24) is 11.0 Å². The second kappa shape index (κ2) is 13.6. The Morgan fingerprint density at radius 2 is 0.889 bits per heavy atom. The standard InChI is InChI=1S/C32H22F2N4O7/c33-23-9-13-25(14-10-23)41-31(39)44-37-29(35)21-5-1-19(2-6-21)27-17-18-28(43-27)20-3-7-22(8-4-20)30(36)38-45-32(40)42-26-15-11-24(34)12-16-26/h1-18H,(H2,35,37)(H2,36,38). The zero-order valence-corrected chi connectivity index (χ0v) is 23.0. The summed E-state index contributed by atoms with van der Waals surface area (Å²) in [6.45, 7) is 0. The Hall–Kier alpha value is -6.50. The van der Waals surface area contributed by atoms with E-state index in [9.17, 15) is 18.4 Å². The third-order valence-corrected chi connectivity index (χ3v) is 6.02. The lowest BCUT2D eigenvalue weighted by Gasteiger charge is -2.09. The highest BCUT2D eigenvalue weighted by Gasteiger charge is 2.13. The van der Waals surface area contributed by atoms with Crippen molar-refractivity contribution in [3.05, 3.63) is 132 Å². The Balaban J connectivity index is 1.11. The molecule has 0 atom stereocenters. The van der Waals surface area contributed by atoms with Gasteiger partial charge in [-0.15, -0.1) is 0 Å². The van der Waals surface area contributed by atoms with E-state index in [0.29, 0.717) is 22.6 Å². The Morgan fingerprint density at radius 1 is 0.533 bits per heavy atom. The maximum absolute atomic E-state index is 13.0. The number of amidine groups is 2. The summed E-state index contributed by atoms with van der Waals surface area (Å²) in [6.07, 6.45) is -2.24. The van der Waals surface area contributed by atoms with Crippen molar-refractivity contribution >= 4 is 24.0 Å². The molecule has 0 radical (unpaired) electrons. The highest BCUT2D eigenvalue weighted by atomic mass is 19.1. The van der Waals surface area contributed by atoms with E-state index in [1.54, 1.807) is 60.7 Å². The maximum Gasteiger partial charge on any atom is 0.538 e. The van der Waals surface area contributed by atoms with Crippen molar-refractivity contribution in [1.29, 1.82) is 10.8 Å². The molecule has 0 unspecified atom stereocenters. The van der Waals surface area contributed by atoms with Gasteiger partial charge in [-0.25, -0.2) is 18.4 Å². The van der Waals surface area contributed by atoms with Crippen LogP contribution in [0.3, 0.4) is 0 Å². The molecule has 45 heavy (non-hydrogen) atoms. The molecule has 226 valence electrons. The first-order chi connectivity index (χ1) is 21.7. The van der Waals surface area contributed by atoms with E-state index < -0.39 is 23.9 Å². The van der Waals surface area contributed by atoms with Crippen molar-refractivity contribution in [2.75, 3.05) is 0 Å². The lowest BCUT2D eigenvalue weighted by Crippen LogP contribution is -2.28. The van der Waals surface area contributed by atoms with Crippen LogP contribution in [0.5, 0.6) is 11.5 Å². The van der Waals surface area contributed by atoms with Gasteiger partial charge in [-0.05, 0) is 60.7 Å². The van der Waals surface area contributed by atoms with Gasteiger partial charge in [0, 0.05) is 22.3 Å². The first kappa shape index (κ1) is 30.0. The van der Waals surface area contributed by atoms with Gasteiger partial charge in [0.15, 0.2) is 11.7 Å². The number of halogens is 2. The minimum atomic E-state index is -1.12.